The summed E-state index contributed by atoms with van der Waals surface area (Å²) in [5.41, 5.74) is 12.7. The van der Waals surface area contributed by atoms with Crippen molar-refractivity contribution in [2.75, 3.05) is 6.54 Å². The van der Waals surface area contributed by atoms with Gasteiger partial charge in [-0.1, -0.05) is 12.7 Å². The second-order valence-electron chi connectivity index (χ2n) is 2.38. The van der Waals surface area contributed by atoms with Crippen molar-refractivity contribution in [1.82, 2.24) is 0 Å². The molecule has 0 unspecified atom stereocenters. The minimum atomic E-state index is 0.381. The van der Waals surface area contributed by atoms with Crippen LogP contribution in [0.1, 0.15) is 13.8 Å². The number of rotatable bonds is 3. The molecule has 3 heteroatoms. The van der Waals surface area contributed by atoms with Gasteiger partial charge in [-0.25, -0.2) is 4.99 Å². The molecule has 0 bridgehead atoms. The molecule has 0 aromatic rings. The van der Waals surface area contributed by atoms with Crippen LogP contribution in [0.15, 0.2) is 29.0 Å². The van der Waals surface area contributed by atoms with Gasteiger partial charge < -0.3 is 11.5 Å². The van der Waals surface area contributed by atoms with Crippen molar-refractivity contribution in [3.8, 4) is 0 Å². The van der Waals surface area contributed by atoms with Crippen LogP contribution >= 0.6 is 0 Å². The number of nitrogens with zero attached hydrogens (tertiary/aromatic N) is 1. The van der Waals surface area contributed by atoms with E-state index < -0.39 is 0 Å². The molecule has 0 aliphatic rings. The van der Waals surface area contributed by atoms with Gasteiger partial charge in [-0.3, -0.25) is 0 Å². The standard InChI is InChI=1S/C8H15N3/c1-4-7(5-9)8(10)11-6(2)3/h4H,1,5,9-10H2,2-3H3/b8-7+. The first-order chi connectivity index (χ1) is 5.11. The van der Waals surface area contributed by atoms with Crippen LogP contribution in [0.25, 0.3) is 0 Å². The molecule has 0 aliphatic carbocycles. The molecular formula is C8H15N3. The lowest BCUT2D eigenvalue weighted by atomic mass is 10.2. The number of nitrogens with two attached hydrogens (primary N) is 2. The van der Waals surface area contributed by atoms with Crippen LogP contribution < -0.4 is 11.5 Å². The van der Waals surface area contributed by atoms with E-state index >= 15 is 0 Å². The molecule has 62 valence electrons. The number of hydrogen-bond acceptors (Lipinski definition) is 3. The summed E-state index contributed by atoms with van der Waals surface area (Å²) in [6.45, 7) is 7.71. The van der Waals surface area contributed by atoms with E-state index in [2.05, 4.69) is 11.6 Å². The Labute approximate surface area is 67.5 Å². The van der Waals surface area contributed by atoms with Crippen molar-refractivity contribution in [2.45, 2.75) is 13.8 Å². The molecule has 0 heterocycles. The van der Waals surface area contributed by atoms with E-state index in [-0.39, 0.29) is 0 Å². The number of hydrogen-bond donors (Lipinski definition) is 2. The van der Waals surface area contributed by atoms with Crippen LogP contribution in [0.2, 0.25) is 0 Å². The minimum absolute atomic E-state index is 0.381. The Morgan fingerprint density at radius 3 is 2.36 bits per heavy atom. The summed E-state index contributed by atoms with van der Waals surface area (Å²) >= 11 is 0. The summed E-state index contributed by atoms with van der Waals surface area (Å²) in [7, 11) is 0. The van der Waals surface area contributed by atoms with Crippen molar-refractivity contribution >= 4 is 5.71 Å². The van der Waals surface area contributed by atoms with E-state index in [1.54, 1.807) is 6.08 Å². The monoisotopic (exact) mass is 153 g/mol. The predicted octanol–water partition coefficient (Wildman–Crippen LogP) is 0.782. The van der Waals surface area contributed by atoms with Gasteiger partial charge in [0.05, 0.1) is 0 Å². The second-order valence-corrected chi connectivity index (χ2v) is 2.38. The molecule has 0 aliphatic heterocycles. The van der Waals surface area contributed by atoms with E-state index in [1.807, 2.05) is 13.8 Å². The van der Waals surface area contributed by atoms with Gasteiger partial charge in [0.2, 0.25) is 0 Å². The zero-order valence-corrected chi connectivity index (χ0v) is 7.09. The molecule has 0 spiro atoms. The van der Waals surface area contributed by atoms with Gasteiger partial charge in [0.15, 0.2) is 0 Å². The minimum Gasteiger partial charge on any atom is -0.383 e. The van der Waals surface area contributed by atoms with Crippen LogP contribution in [0.3, 0.4) is 0 Å². The molecule has 0 atom stereocenters. The normalized spacial score (nSPS) is 11.9. The first-order valence-electron chi connectivity index (χ1n) is 3.44. The molecule has 0 rings (SSSR count). The molecule has 0 amide bonds. The summed E-state index contributed by atoms with van der Waals surface area (Å²) in [5, 5.41) is 0. The molecule has 3 nitrogen and oxygen atoms in total. The van der Waals surface area contributed by atoms with Gasteiger partial charge in [-0.15, -0.1) is 0 Å². The third-order valence-corrected chi connectivity index (χ3v) is 1.14. The van der Waals surface area contributed by atoms with Crippen LogP contribution in [-0.2, 0) is 0 Å². The average molecular weight is 153 g/mol. The molecule has 0 aromatic carbocycles. The zero-order chi connectivity index (χ0) is 8.85. The molecule has 0 saturated carbocycles. The third-order valence-electron chi connectivity index (χ3n) is 1.14. The Balaban J connectivity index is 4.62. The van der Waals surface area contributed by atoms with Gasteiger partial charge in [-0.05, 0) is 13.8 Å². The van der Waals surface area contributed by atoms with Gasteiger partial charge in [0, 0.05) is 17.8 Å². The summed E-state index contributed by atoms with van der Waals surface area (Å²) in [4.78, 5) is 4.04. The quantitative estimate of drug-likeness (QED) is 0.465. The fraction of sp³-hybridized carbons (Fsp3) is 0.375. The maximum absolute atomic E-state index is 5.58. The SMILES string of the molecule is C=C/C(CN)=C(/N)N=C(C)C. The summed E-state index contributed by atoms with van der Waals surface area (Å²) in [6, 6.07) is 0. The van der Waals surface area contributed by atoms with Crippen LogP contribution in [0, 0.1) is 0 Å². The molecule has 0 saturated heterocycles. The van der Waals surface area contributed by atoms with E-state index in [4.69, 9.17) is 11.5 Å². The lowest BCUT2D eigenvalue weighted by molar-refractivity contribution is 1.09. The van der Waals surface area contributed by atoms with Crippen molar-refractivity contribution < 1.29 is 0 Å². The van der Waals surface area contributed by atoms with E-state index in [1.165, 1.54) is 0 Å². The van der Waals surface area contributed by atoms with Crippen molar-refractivity contribution in [3.63, 3.8) is 0 Å². The van der Waals surface area contributed by atoms with E-state index in [0.717, 1.165) is 11.3 Å². The highest BCUT2D eigenvalue weighted by Gasteiger charge is 1.94. The zero-order valence-electron chi connectivity index (χ0n) is 7.09. The molecule has 11 heavy (non-hydrogen) atoms. The molecular weight excluding hydrogens is 138 g/mol. The Bertz CT molecular complexity index is 197. The Kier molecular flexibility index (Phi) is 4.22. The largest absolute Gasteiger partial charge is 0.383 e. The van der Waals surface area contributed by atoms with Crippen LogP contribution in [0.5, 0.6) is 0 Å². The first-order valence-corrected chi connectivity index (χ1v) is 3.44. The predicted molar refractivity (Wildman–Crippen MR) is 49.2 cm³/mol. The third kappa shape index (κ3) is 3.57. The van der Waals surface area contributed by atoms with Crippen molar-refractivity contribution in [1.29, 1.82) is 0 Å². The molecule has 0 aromatic heterocycles. The van der Waals surface area contributed by atoms with Gasteiger partial charge in [0.25, 0.3) is 0 Å². The number of aliphatic imine (C=N–C) groups is 1. The van der Waals surface area contributed by atoms with Crippen LogP contribution in [-0.4, -0.2) is 12.3 Å². The summed E-state index contributed by atoms with van der Waals surface area (Å²) < 4.78 is 0. The topological polar surface area (TPSA) is 64.4 Å². The smallest absolute Gasteiger partial charge is 0.127 e. The highest BCUT2D eigenvalue weighted by atomic mass is 14.9. The highest BCUT2D eigenvalue weighted by Crippen LogP contribution is 1.99. The summed E-state index contributed by atoms with van der Waals surface area (Å²) in [6.07, 6.45) is 1.63. The van der Waals surface area contributed by atoms with Crippen LogP contribution in [0.4, 0.5) is 0 Å². The Morgan fingerprint density at radius 1 is 1.55 bits per heavy atom. The average Bonchev–Trinajstić information content (AvgIpc) is 1.88. The highest BCUT2D eigenvalue weighted by molar-refractivity contribution is 5.80. The lowest BCUT2D eigenvalue weighted by Gasteiger charge is -2.00. The Hall–Kier alpha value is -1.09. The second kappa shape index (κ2) is 4.68. The molecule has 0 radical (unpaired) electrons. The maximum Gasteiger partial charge on any atom is 0.127 e. The van der Waals surface area contributed by atoms with Crippen molar-refractivity contribution in [2.24, 2.45) is 16.5 Å². The van der Waals surface area contributed by atoms with Gasteiger partial charge in [-0.2, -0.15) is 0 Å². The maximum atomic E-state index is 5.58. The van der Waals surface area contributed by atoms with Gasteiger partial charge >= 0.3 is 0 Å². The fourth-order valence-electron chi connectivity index (χ4n) is 0.605. The first kappa shape index (κ1) is 9.91. The lowest BCUT2D eigenvalue weighted by Crippen LogP contribution is -2.09. The van der Waals surface area contributed by atoms with Crippen molar-refractivity contribution in [3.05, 3.63) is 24.0 Å². The van der Waals surface area contributed by atoms with E-state index in [9.17, 15) is 0 Å². The fourth-order valence-corrected chi connectivity index (χ4v) is 0.605. The summed E-state index contributed by atoms with van der Waals surface area (Å²) in [5.74, 6) is 0.461. The molecule has 4 N–H and O–H groups in total. The molecule has 0 fully saturated rings. The van der Waals surface area contributed by atoms with E-state index in [0.29, 0.717) is 12.4 Å². The van der Waals surface area contributed by atoms with Gasteiger partial charge in [0.1, 0.15) is 5.82 Å². The Morgan fingerprint density at radius 2 is 2.09 bits per heavy atom.